The maximum atomic E-state index is 11.9. The maximum absolute atomic E-state index is 11.9. The minimum Gasteiger partial charge on any atom is -0.744 e. The number of ether oxygens (including phenoxy) is 1. The Labute approximate surface area is 254 Å². The second kappa shape index (κ2) is 17.5. The van der Waals surface area contributed by atoms with E-state index in [1.165, 1.54) is 32.1 Å². The Hall–Kier alpha value is 0.0600. The topological polar surface area (TPSA) is 124 Å². The van der Waals surface area contributed by atoms with E-state index in [9.17, 15) is 25.9 Å². The Morgan fingerprint density at radius 3 is 1.60 bits per heavy atom. The molecular formula is C24H32Na2O7S2. The van der Waals surface area contributed by atoms with Gasteiger partial charge in [-0.2, -0.15) is 0 Å². The normalized spacial score (nSPS) is 11.4. The molecule has 184 valence electrons. The third kappa shape index (κ3) is 12.4. The van der Waals surface area contributed by atoms with Gasteiger partial charge in [-0.3, -0.25) is 0 Å². The molecule has 0 atom stereocenters. The minimum atomic E-state index is -4.96. The molecule has 0 amide bonds. The van der Waals surface area contributed by atoms with Gasteiger partial charge >= 0.3 is 59.1 Å². The third-order valence-electron chi connectivity index (χ3n) is 5.46. The molecular weight excluding hydrogens is 510 g/mol. The van der Waals surface area contributed by atoms with Crippen LogP contribution in [-0.4, -0.2) is 25.9 Å². The fourth-order valence-electron chi connectivity index (χ4n) is 3.76. The van der Waals surface area contributed by atoms with Gasteiger partial charge in [-0.15, -0.1) is 0 Å². The molecule has 0 spiro atoms. The predicted octanol–water partition coefficient (Wildman–Crippen LogP) is -0.241. The monoisotopic (exact) mass is 542 g/mol. The van der Waals surface area contributed by atoms with Gasteiger partial charge in [-0.25, -0.2) is 16.8 Å². The van der Waals surface area contributed by atoms with E-state index < -0.39 is 30.0 Å². The van der Waals surface area contributed by atoms with E-state index in [0.29, 0.717) is 6.42 Å². The Bertz CT molecular complexity index is 1090. The molecule has 0 radical (unpaired) electrons. The van der Waals surface area contributed by atoms with Gasteiger partial charge in [0, 0.05) is 5.56 Å². The summed E-state index contributed by atoms with van der Waals surface area (Å²) in [6, 6.07) is 9.83. The molecule has 2 rings (SSSR count). The summed E-state index contributed by atoms with van der Waals surface area (Å²) in [5.41, 5.74) is -0.0645. The average molecular weight is 543 g/mol. The first kappa shape index (κ1) is 35.1. The van der Waals surface area contributed by atoms with E-state index >= 15 is 0 Å². The Kier molecular flexibility index (Phi) is 17.6. The number of rotatable bonds is 15. The van der Waals surface area contributed by atoms with Crippen LogP contribution in [0, 0.1) is 0 Å². The van der Waals surface area contributed by atoms with Crippen molar-refractivity contribution in [1.82, 2.24) is 0 Å². The molecule has 0 heterocycles. The molecule has 0 aliphatic carbocycles. The zero-order valence-corrected chi connectivity index (χ0v) is 26.6. The van der Waals surface area contributed by atoms with Crippen LogP contribution in [0.2, 0.25) is 0 Å². The first-order valence-corrected chi connectivity index (χ1v) is 14.3. The van der Waals surface area contributed by atoms with Crippen molar-refractivity contribution in [2.75, 3.05) is 0 Å². The van der Waals surface area contributed by atoms with E-state index in [-0.39, 0.29) is 82.6 Å². The zero-order valence-electron chi connectivity index (χ0n) is 21.0. The number of unbranched alkanes of at least 4 members (excludes halogenated alkanes) is 9. The Morgan fingerprint density at radius 1 is 0.657 bits per heavy atom. The summed E-state index contributed by atoms with van der Waals surface area (Å²) >= 11 is 0. The van der Waals surface area contributed by atoms with Crippen molar-refractivity contribution in [1.29, 1.82) is 0 Å². The van der Waals surface area contributed by atoms with Crippen LogP contribution in [0.1, 0.15) is 76.7 Å². The second-order valence-corrected chi connectivity index (χ2v) is 10.8. The smallest absolute Gasteiger partial charge is 0.744 e. The van der Waals surface area contributed by atoms with Crippen LogP contribution in [0.3, 0.4) is 0 Å². The van der Waals surface area contributed by atoms with E-state index in [1.807, 2.05) is 0 Å². The molecule has 0 N–H and O–H groups in total. The summed E-state index contributed by atoms with van der Waals surface area (Å²) in [7, 11) is -9.86. The van der Waals surface area contributed by atoms with Crippen molar-refractivity contribution >= 4 is 20.2 Å². The minimum absolute atomic E-state index is 0. The summed E-state index contributed by atoms with van der Waals surface area (Å²) in [6.07, 6.45) is 10.7. The molecule has 2 aromatic carbocycles. The van der Waals surface area contributed by atoms with E-state index in [0.717, 1.165) is 37.8 Å². The molecule has 35 heavy (non-hydrogen) atoms. The van der Waals surface area contributed by atoms with Gasteiger partial charge in [0.2, 0.25) is 0 Å². The largest absolute Gasteiger partial charge is 1.00 e. The van der Waals surface area contributed by atoms with Crippen molar-refractivity contribution in [3.05, 3.63) is 48.0 Å². The van der Waals surface area contributed by atoms with Crippen LogP contribution < -0.4 is 63.9 Å². The molecule has 2 aromatic rings. The average Bonchev–Trinajstić information content (AvgIpc) is 2.74. The van der Waals surface area contributed by atoms with Crippen LogP contribution in [0.15, 0.2) is 52.3 Å². The molecule has 11 heteroatoms. The van der Waals surface area contributed by atoms with Crippen LogP contribution in [0.5, 0.6) is 11.5 Å². The molecule has 7 nitrogen and oxygen atoms in total. The Morgan fingerprint density at radius 2 is 1.11 bits per heavy atom. The van der Waals surface area contributed by atoms with Crippen LogP contribution in [0.25, 0.3) is 0 Å². The standard InChI is InChI=1S/C24H34O7S2.2Na/c1-2-3-4-5-6-7-8-9-10-14-17-21-22(32(25,26)27)18-19-23(33(28,29)30)24(21)31-20-15-12-11-13-16-20;;/h11-13,15-16,18-19H,2-10,14,17H2,1H3,(H,25,26,27)(H,28,29,30);;/q;2*+1/p-2. The first-order chi connectivity index (χ1) is 15.6. The predicted molar refractivity (Wildman–Crippen MR) is 124 cm³/mol. The summed E-state index contributed by atoms with van der Waals surface area (Å²) in [6.45, 7) is 2.18. The number of hydrogen-bond donors (Lipinski definition) is 0. The zero-order chi connectivity index (χ0) is 24.3. The van der Waals surface area contributed by atoms with Gasteiger partial charge in [0.05, 0.1) is 9.79 Å². The van der Waals surface area contributed by atoms with Gasteiger partial charge in [0.1, 0.15) is 31.7 Å². The molecule has 0 aliphatic rings. The number of benzene rings is 2. The van der Waals surface area contributed by atoms with Gasteiger partial charge in [0.15, 0.2) is 0 Å². The molecule has 0 bridgehead atoms. The first-order valence-electron chi connectivity index (χ1n) is 11.4. The van der Waals surface area contributed by atoms with Gasteiger partial charge < -0.3 is 13.8 Å². The maximum Gasteiger partial charge on any atom is 1.00 e. The number of hydrogen-bond acceptors (Lipinski definition) is 7. The van der Waals surface area contributed by atoms with Gasteiger partial charge in [-0.05, 0) is 37.1 Å². The fraction of sp³-hybridized carbons (Fsp3) is 0.500. The molecule has 0 saturated carbocycles. The van der Waals surface area contributed by atoms with E-state index in [1.54, 1.807) is 30.3 Å². The van der Waals surface area contributed by atoms with Crippen LogP contribution >= 0.6 is 0 Å². The van der Waals surface area contributed by atoms with Crippen LogP contribution in [-0.2, 0) is 26.7 Å². The summed E-state index contributed by atoms with van der Waals surface area (Å²) in [4.78, 5) is -1.24. The summed E-state index contributed by atoms with van der Waals surface area (Å²) in [5, 5.41) is 0. The van der Waals surface area contributed by atoms with Crippen molar-refractivity contribution in [3.63, 3.8) is 0 Å². The van der Waals surface area contributed by atoms with E-state index in [4.69, 9.17) is 4.74 Å². The quantitative estimate of drug-likeness (QED) is 0.173. The molecule has 0 aliphatic heterocycles. The van der Waals surface area contributed by atoms with Crippen molar-refractivity contribution < 1.29 is 89.8 Å². The van der Waals surface area contributed by atoms with Crippen molar-refractivity contribution in [2.24, 2.45) is 0 Å². The summed E-state index contributed by atoms with van der Waals surface area (Å²) in [5.74, 6) is -0.156. The SMILES string of the molecule is CCCCCCCCCCCCc1c(S(=O)(=O)[O-])ccc(S(=O)(=O)[O-])c1Oc1ccccc1.[Na+].[Na+]. The molecule has 0 saturated heterocycles. The fourth-order valence-corrected chi connectivity index (χ4v) is 5.12. The second-order valence-electron chi connectivity index (χ2n) is 8.12. The third-order valence-corrected chi connectivity index (χ3v) is 7.24. The Balaban J connectivity index is 0.00000578. The molecule has 0 fully saturated rings. The summed E-state index contributed by atoms with van der Waals surface area (Å²) < 4.78 is 76.8. The van der Waals surface area contributed by atoms with Crippen molar-refractivity contribution in [2.45, 2.75) is 87.3 Å². The molecule has 0 aromatic heterocycles. The van der Waals surface area contributed by atoms with Gasteiger partial charge in [0.25, 0.3) is 0 Å². The number of para-hydroxylation sites is 1. The van der Waals surface area contributed by atoms with Gasteiger partial charge in [-0.1, -0.05) is 82.9 Å². The molecule has 0 unspecified atom stereocenters. The van der Waals surface area contributed by atoms with E-state index in [2.05, 4.69) is 6.92 Å². The van der Waals surface area contributed by atoms with Crippen LogP contribution in [0.4, 0.5) is 0 Å². The van der Waals surface area contributed by atoms with Crippen molar-refractivity contribution in [3.8, 4) is 11.5 Å².